The van der Waals surface area contributed by atoms with Crippen LogP contribution in [0, 0.1) is 29.4 Å². The molecule has 0 amide bonds. The summed E-state index contributed by atoms with van der Waals surface area (Å²) in [6, 6.07) is 0.444. The second-order valence-corrected chi connectivity index (χ2v) is 8.78. The van der Waals surface area contributed by atoms with Crippen molar-refractivity contribution in [2.75, 3.05) is 13.2 Å². The van der Waals surface area contributed by atoms with Crippen LogP contribution in [-0.4, -0.2) is 31.7 Å². The highest BCUT2D eigenvalue weighted by Gasteiger charge is 2.46. The summed E-state index contributed by atoms with van der Waals surface area (Å²) in [7, 11) is 0. The van der Waals surface area contributed by atoms with E-state index in [1.54, 1.807) is 0 Å². The van der Waals surface area contributed by atoms with Gasteiger partial charge in [0.25, 0.3) is 6.08 Å². The van der Waals surface area contributed by atoms with E-state index in [0.29, 0.717) is 32.0 Å². The van der Waals surface area contributed by atoms with Gasteiger partial charge in [0.2, 0.25) is 0 Å². The van der Waals surface area contributed by atoms with Crippen molar-refractivity contribution in [2.24, 2.45) is 17.8 Å². The maximum Gasteiger partial charge on any atom is 0.425 e. The van der Waals surface area contributed by atoms with Crippen molar-refractivity contribution in [3.8, 4) is 11.5 Å². The summed E-state index contributed by atoms with van der Waals surface area (Å²) in [5.74, 6) is -7.33. The van der Waals surface area contributed by atoms with Crippen molar-refractivity contribution in [3.63, 3.8) is 0 Å². The molecule has 1 saturated heterocycles. The van der Waals surface area contributed by atoms with Crippen LogP contribution >= 0.6 is 0 Å². The number of hydrogen-bond donors (Lipinski definition) is 0. The molecule has 4 nitrogen and oxygen atoms in total. The van der Waals surface area contributed by atoms with Crippen LogP contribution in [-0.2, 0) is 9.47 Å². The molecular weight excluding hydrogens is 492 g/mol. The highest BCUT2D eigenvalue weighted by atomic mass is 19.3. The van der Waals surface area contributed by atoms with Crippen molar-refractivity contribution < 1.29 is 54.1 Å². The molecule has 1 aromatic rings. The van der Waals surface area contributed by atoms with E-state index in [2.05, 4.69) is 16.4 Å². The molecule has 1 aliphatic heterocycles. The largest absolute Gasteiger partial charge is 0.432 e. The van der Waals surface area contributed by atoms with E-state index in [1.165, 1.54) is 0 Å². The molecular formula is C23H26F8O4. The van der Waals surface area contributed by atoms with Crippen LogP contribution in [0.15, 0.2) is 24.3 Å². The predicted octanol–water partition coefficient (Wildman–Crippen LogP) is 7.28. The molecule has 0 aromatic heterocycles. The van der Waals surface area contributed by atoms with Crippen molar-refractivity contribution in [3.05, 3.63) is 35.9 Å². The SMILES string of the molecule is CCCC1COC(C2CCC(C(F)(F)Oc3cc(F)c(OC(F)(F)C=C(F)F)c(F)c3)CC2)OC1. The van der Waals surface area contributed by atoms with Gasteiger partial charge < -0.3 is 18.9 Å². The predicted molar refractivity (Wildman–Crippen MR) is 107 cm³/mol. The Hall–Kier alpha value is -2.08. The van der Waals surface area contributed by atoms with E-state index in [4.69, 9.17) is 9.47 Å². The van der Waals surface area contributed by atoms with E-state index in [-0.39, 0.29) is 30.9 Å². The van der Waals surface area contributed by atoms with Crippen LogP contribution in [0.3, 0.4) is 0 Å². The standard InChI is InChI=1S/C23H26F8O4/c1-2-3-13-11-32-21(33-12-13)14-4-6-15(7-5-14)23(30,31)34-16-8-17(24)20(18(25)9-16)35-22(28,29)10-19(26)27/h8-10,13-15,21H,2-7,11-12H2,1H3. The van der Waals surface area contributed by atoms with Gasteiger partial charge in [-0.25, -0.2) is 8.78 Å². The Morgan fingerprint density at radius 1 is 0.971 bits per heavy atom. The third kappa shape index (κ3) is 7.45. The fourth-order valence-corrected chi connectivity index (χ4v) is 4.36. The van der Waals surface area contributed by atoms with E-state index >= 15 is 0 Å². The summed E-state index contributed by atoms with van der Waals surface area (Å²) in [5.41, 5.74) is 0. The fraction of sp³-hybridized carbons (Fsp3) is 0.652. The molecule has 1 aliphatic carbocycles. The first-order valence-electron chi connectivity index (χ1n) is 11.3. The summed E-state index contributed by atoms with van der Waals surface area (Å²) >= 11 is 0. The first-order valence-corrected chi connectivity index (χ1v) is 11.3. The van der Waals surface area contributed by atoms with Crippen LogP contribution in [0.25, 0.3) is 0 Å². The Morgan fingerprint density at radius 3 is 2.06 bits per heavy atom. The van der Waals surface area contributed by atoms with E-state index in [1.807, 2.05) is 0 Å². The summed E-state index contributed by atoms with van der Waals surface area (Å²) in [6.07, 6.45) is -9.98. The third-order valence-corrected chi connectivity index (χ3v) is 6.06. The maximum absolute atomic E-state index is 14.7. The normalized spacial score (nSPS) is 25.7. The summed E-state index contributed by atoms with van der Waals surface area (Å²) in [6.45, 7) is 3.17. The minimum Gasteiger partial charge on any atom is -0.432 e. The Kier molecular flexibility index (Phi) is 8.90. The van der Waals surface area contributed by atoms with Crippen molar-refractivity contribution in [1.29, 1.82) is 0 Å². The number of ether oxygens (including phenoxy) is 4. The van der Waals surface area contributed by atoms with Crippen LogP contribution in [0.4, 0.5) is 35.1 Å². The molecule has 0 bridgehead atoms. The van der Waals surface area contributed by atoms with Crippen molar-refractivity contribution >= 4 is 0 Å². The molecule has 2 aliphatic rings. The van der Waals surface area contributed by atoms with Gasteiger partial charge in [-0.05, 0) is 32.1 Å². The summed E-state index contributed by atoms with van der Waals surface area (Å²) in [5, 5.41) is 0. The zero-order valence-corrected chi connectivity index (χ0v) is 18.9. The second-order valence-electron chi connectivity index (χ2n) is 8.78. The third-order valence-electron chi connectivity index (χ3n) is 6.06. The van der Waals surface area contributed by atoms with Gasteiger partial charge in [0, 0.05) is 24.0 Å². The zero-order chi connectivity index (χ0) is 25.8. The topological polar surface area (TPSA) is 36.9 Å². The highest BCUT2D eigenvalue weighted by molar-refractivity contribution is 5.35. The van der Waals surface area contributed by atoms with Gasteiger partial charge in [-0.3, -0.25) is 0 Å². The van der Waals surface area contributed by atoms with Gasteiger partial charge >= 0.3 is 12.2 Å². The molecule has 0 atom stereocenters. The first-order chi connectivity index (χ1) is 16.4. The Balaban J connectivity index is 1.58. The van der Waals surface area contributed by atoms with Crippen LogP contribution in [0.1, 0.15) is 45.4 Å². The van der Waals surface area contributed by atoms with E-state index in [9.17, 15) is 35.1 Å². The lowest BCUT2D eigenvalue weighted by atomic mass is 9.80. The van der Waals surface area contributed by atoms with Crippen molar-refractivity contribution in [1.82, 2.24) is 0 Å². The molecule has 0 radical (unpaired) electrons. The van der Waals surface area contributed by atoms with Crippen LogP contribution in [0.2, 0.25) is 0 Å². The lowest BCUT2D eigenvalue weighted by molar-refractivity contribution is -0.247. The number of benzene rings is 1. The molecule has 1 aromatic carbocycles. The lowest BCUT2D eigenvalue weighted by Crippen LogP contribution is -2.42. The minimum atomic E-state index is -4.73. The van der Waals surface area contributed by atoms with Crippen LogP contribution < -0.4 is 9.47 Å². The molecule has 1 heterocycles. The second kappa shape index (κ2) is 11.3. The Labute approximate surface area is 197 Å². The van der Waals surface area contributed by atoms with Gasteiger partial charge in [0.15, 0.2) is 23.7 Å². The number of alkyl halides is 4. The fourth-order valence-electron chi connectivity index (χ4n) is 4.36. The molecule has 2 fully saturated rings. The summed E-state index contributed by atoms with van der Waals surface area (Å²) < 4.78 is 128. The smallest absolute Gasteiger partial charge is 0.425 e. The average molecular weight is 518 g/mol. The molecule has 198 valence electrons. The van der Waals surface area contributed by atoms with Gasteiger partial charge in [-0.15, -0.1) is 0 Å². The Morgan fingerprint density at radius 2 is 1.54 bits per heavy atom. The highest BCUT2D eigenvalue weighted by Crippen LogP contribution is 2.43. The molecule has 0 unspecified atom stereocenters. The molecule has 12 heteroatoms. The lowest BCUT2D eigenvalue weighted by Gasteiger charge is -2.39. The molecule has 3 rings (SSSR count). The monoisotopic (exact) mass is 518 g/mol. The van der Waals surface area contributed by atoms with E-state index < -0.39 is 59.7 Å². The van der Waals surface area contributed by atoms with Gasteiger partial charge in [0.05, 0.1) is 25.2 Å². The zero-order valence-electron chi connectivity index (χ0n) is 18.9. The summed E-state index contributed by atoms with van der Waals surface area (Å²) in [4.78, 5) is 0. The van der Waals surface area contributed by atoms with E-state index in [0.717, 1.165) is 12.8 Å². The molecule has 1 saturated carbocycles. The Bertz CT molecular complexity index is 851. The van der Waals surface area contributed by atoms with Gasteiger partial charge in [-0.2, -0.15) is 26.3 Å². The minimum absolute atomic E-state index is 0.0405. The number of halogens is 8. The maximum atomic E-state index is 14.7. The number of hydrogen-bond acceptors (Lipinski definition) is 4. The molecule has 35 heavy (non-hydrogen) atoms. The first kappa shape index (κ1) is 27.5. The quantitative estimate of drug-likeness (QED) is 0.322. The van der Waals surface area contributed by atoms with Gasteiger partial charge in [0.1, 0.15) is 5.75 Å². The van der Waals surface area contributed by atoms with Crippen LogP contribution in [0.5, 0.6) is 11.5 Å². The average Bonchev–Trinajstić information content (AvgIpc) is 2.76. The molecule has 0 N–H and O–H groups in total. The van der Waals surface area contributed by atoms with Crippen molar-refractivity contribution in [2.45, 2.75) is 64.0 Å². The van der Waals surface area contributed by atoms with Gasteiger partial charge in [-0.1, -0.05) is 13.3 Å². The molecule has 0 spiro atoms. The number of rotatable bonds is 9.